The fourth-order valence-corrected chi connectivity index (χ4v) is 3.23. The van der Waals surface area contributed by atoms with Crippen LogP contribution in [-0.2, 0) is 6.54 Å². The zero-order chi connectivity index (χ0) is 18.5. The lowest BCUT2D eigenvalue weighted by Crippen LogP contribution is -2.36. The molecular weight excluding hydrogens is 385 g/mol. The molecule has 0 aliphatic carbocycles. The summed E-state index contributed by atoms with van der Waals surface area (Å²) < 4.78 is 0. The van der Waals surface area contributed by atoms with Crippen molar-refractivity contribution in [2.24, 2.45) is 5.73 Å². The third kappa shape index (κ3) is 5.22. The number of piperidine rings is 1. The second-order valence-corrected chi connectivity index (χ2v) is 6.83. The van der Waals surface area contributed by atoms with Gasteiger partial charge in [0.25, 0.3) is 11.8 Å². The van der Waals surface area contributed by atoms with Gasteiger partial charge in [-0.25, -0.2) is 0 Å². The fourth-order valence-electron chi connectivity index (χ4n) is 3.06. The molecule has 2 aromatic carbocycles. The molecule has 144 valence electrons. The lowest BCUT2D eigenvalue weighted by Gasteiger charge is -2.27. The van der Waals surface area contributed by atoms with Crippen LogP contribution in [0.3, 0.4) is 0 Å². The van der Waals surface area contributed by atoms with E-state index in [0.29, 0.717) is 28.4 Å². The largest absolute Gasteiger partial charge is 0.339 e. The Morgan fingerprint density at radius 3 is 2.33 bits per heavy atom. The van der Waals surface area contributed by atoms with Crippen molar-refractivity contribution in [3.05, 3.63) is 64.2 Å². The number of halogens is 2. The van der Waals surface area contributed by atoms with Gasteiger partial charge >= 0.3 is 0 Å². The Balaban J connectivity index is 0.00000261. The maximum Gasteiger partial charge on any atom is 0.255 e. The van der Waals surface area contributed by atoms with E-state index in [0.717, 1.165) is 37.9 Å². The van der Waals surface area contributed by atoms with Gasteiger partial charge in [-0.15, -0.1) is 12.4 Å². The van der Waals surface area contributed by atoms with E-state index in [1.165, 1.54) is 0 Å². The minimum Gasteiger partial charge on any atom is -0.339 e. The number of benzene rings is 2. The average Bonchev–Trinajstić information content (AvgIpc) is 2.68. The smallest absolute Gasteiger partial charge is 0.255 e. The molecule has 2 aromatic rings. The van der Waals surface area contributed by atoms with Gasteiger partial charge in [-0.3, -0.25) is 9.59 Å². The van der Waals surface area contributed by atoms with Crippen molar-refractivity contribution in [3.8, 4) is 0 Å². The Morgan fingerprint density at radius 2 is 1.70 bits per heavy atom. The highest BCUT2D eigenvalue weighted by molar-refractivity contribution is 6.31. The molecule has 0 atom stereocenters. The number of amides is 2. The fraction of sp³-hybridized carbons (Fsp3) is 0.300. The molecule has 1 heterocycles. The van der Waals surface area contributed by atoms with Crippen LogP contribution >= 0.6 is 24.0 Å². The van der Waals surface area contributed by atoms with Crippen molar-refractivity contribution >= 4 is 41.5 Å². The van der Waals surface area contributed by atoms with Gasteiger partial charge in [0, 0.05) is 30.2 Å². The summed E-state index contributed by atoms with van der Waals surface area (Å²) in [6.45, 7) is 1.91. The van der Waals surface area contributed by atoms with Gasteiger partial charge in [0.1, 0.15) is 0 Å². The van der Waals surface area contributed by atoms with Gasteiger partial charge < -0.3 is 16.0 Å². The first-order valence-corrected chi connectivity index (χ1v) is 9.15. The maximum absolute atomic E-state index is 12.9. The molecule has 1 aliphatic heterocycles. The standard InChI is InChI=1S/C20H22ClN3O2.ClH/c21-16-8-9-17(20(26)24-10-2-1-3-11-24)18(12-16)23-19(25)15-6-4-14(13-22)5-7-15;/h4-9,12H,1-3,10-11,13,22H2,(H,23,25);1H. The molecule has 0 radical (unpaired) electrons. The molecule has 0 spiro atoms. The number of carbonyl (C=O) groups excluding carboxylic acids is 2. The van der Waals surface area contributed by atoms with Crippen LogP contribution < -0.4 is 11.1 Å². The molecular formula is C20H23Cl2N3O2. The Morgan fingerprint density at radius 1 is 1.04 bits per heavy atom. The average molecular weight is 408 g/mol. The van der Waals surface area contributed by atoms with Crippen LogP contribution in [0.1, 0.15) is 45.5 Å². The van der Waals surface area contributed by atoms with Crippen molar-refractivity contribution in [3.63, 3.8) is 0 Å². The van der Waals surface area contributed by atoms with Gasteiger partial charge in [-0.05, 0) is 55.2 Å². The van der Waals surface area contributed by atoms with Crippen LogP contribution in [0.2, 0.25) is 5.02 Å². The quantitative estimate of drug-likeness (QED) is 0.800. The third-order valence-corrected chi connectivity index (χ3v) is 4.79. The second kappa shape index (κ2) is 9.74. The number of nitrogens with two attached hydrogens (primary N) is 1. The summed E-state index contributed by atoms with van der Waals surface area (Å²) in [5.74, 6) is -0.362. The molecule has 7 heteroatoms. The van der Waals surface area contributed by atoms with Crippen molar-refractivity contribution in [2.75, 3.05) is 18.4 Å². The summed E-state index contributed by atoms with van der Waals surface area (Å²) >= 11 is 6.09. The minimum atomic E-state index is -0.288. The molecule has 0 unspecified atom stereocenters. The molecule has 3 N–H and O–H groups in total. The first-order chi connectivity index (χ1) is 12.6. The maximum atomic E-state index is 12.9. The van der Waals surface area contributed by atoms with Crippen LogP contribution in [0.5, 0.6) is 0 Å². The summed E-state index contributed by atoms with van der Waals surface area (Å²) in [4.78, 5) is 27.2. The Bertz CT molecular complexity index is 803. The zero-order valence-electron chi connectivity index (χ0n) is 14.9. The molecule has 0 aromatic heterocycles. The first kappa shape index (κ1) is 21.2. The molecule has 27 heavy (non-hydrogen) atoms. The van der Waals surface area contributed by atoms with E-state index in [9.17, 15) is 9.59 Å². The first-order valence-electron chi connectivity index (χ1n) is 8.77. The molecule has 0 saturated carbocycles. The number of anilines is 1. The normalized spacial score (nSPS) is 13.6. The van der Waals surface area contributed by atoms with E-state index in [4.69, 9.17) is 17.3 Å². The molecule has 5 nitrogen and oxygen atoms in total. The van der Waals surface area contributed by atoms with E-state index < -0.39 is 0 Å². The van der Waals surface area contributed by atoms with E-state index in [1.807, 2.05) is 17.0 Å². The predicted octanol–water partition coefficient (Wildman–Crippen LogP) is 4.10. The lowest BCUT2D eigenvalue weighted by molar-refractivity contribution is 0.0725. The van der Waals surface area contributed by atoms with E-state index in [-0.39, 0.29) is 24.2 Å². The number of nitrogens with one attached hydrogen (secondary N) is 1. The van der Waals surface area contributed by atoms with Gasteiger partial charge in [-0.2, -0.15) is 0 Å². The number of likely N-dealkylation sites (tertiary alicyclic amines) is 1. The lowest BCUT2D eigenvalue weighted by atomic mass is 10.1. The second-order valence-electron chi connectivity index (χ2n) is 6.40. The minimum absolute atomic E-state index is 0. The SMILES string of the molecule is Cl.NCc1ccc(C(=O)Nc2cc(Cl)ccc2C(=O)N2CCCCC2)cc1. The number of hydrogen-bond donors (Lipinski definition) is 2. The third-order valence-electron chi connectivity index (χ3n) is 4.56. The highest BCUT2D eigenvalue weighted by atomic mass is 35.5. The Kier molecular flexibility index (Phi) is 7.66. The highest BCUT2D eigenvalue weighted by Gasteiger charge is 2.22. The summed E-state index contributed by atoms with van der Waals surface area (Å²) in [7, 11) is 0. The van der Waals surface area contributed by atoms with Crippen molar-refractivity contribution in [1.82, 2.24) is 4.90 Å². The molecule has 0 bridgehead atoms. The number of hydrogen-bond acceptors (Lipinski definition) is 3. The molecule has 2 amide bonds. The topological polar surface area (TPSA) is 75.4 Å². The van der Waals surface area contributed by atoms with Gasteiger partial charge in [-0.1, -0.05) is 23.7 Å². The van der Waals surface area contributed by atoms with Crippen LogP contribution in [0.4, 0.5) is 5.69 Å². The Labute approximate surface area is 170 Å². The molecule has 1 saturated heterocycles. The summed E-state index contributed by atoms with van der Waals surface area (Å²) in [5, 5.41) is 3.29. The van der Waals surface area contributed by atoms with Gasteiger partial charge in [0.2, 0.25) is 0 Å². The Hall–Kier alpha value is -2.08. The highest BCUT2D eigenvalue weighted by Crippen LogP contribution is 2.24. The van der Waals surface area contributed by atoms with Crippen LogP contribution in [-0.4, -0.2) is 29.8 Å². The summed E-state index contributed by atoms with van der Waals surface area (Å²) in [6, 6.07) is 12.0. The van der Waals surface area contributed by atoms with Crippen molar-refractivity contribution < 1.29 is 9.59 Å². The summed E-state index contributed by atoms with van der Waals surface area (Å²) in [5.41, 5.74) is 7.92. The molecule has 1 fully saturated rings. The predicted molar refractivity (Wildman–Crippen MR) is 111 cm³/mol. The monoisotopic (exact) mass is 407 g/mol. The number of carbonyl (C=O) groups is 2. The molecule has 3 rings (SSSR count). The number of nitrogens with zero attached hydrogens (tertiary/aromatic N) is 1. The van der Waals surface area contributed by atoms with E-state index in [2.05, 4.69) is 5.32 Å². The van der Waals surface area contributed by atoms with Gasteiger partial charge in [0.05, 0.1) is 11.3 Å². The van der Waals surface area contributed by atoms with Crippen molar-refractivity contribution in [1.29, 1.82) is 0 Å². The van der Waals surface area contributed by atoms with E-state index in [1.54, 1.807) is 30.3 Å². The summed E-state index contributed by atoms with van der Waals surface area (Å²) in [6.07, 6.45) is 3.16. The van der Waals surface area contributed by atoms with Crippen LogP contribution in [0, 0.1) is 0 Å². The van der Waals surface area contributed by atoms with Crippen LogP contribution in [0.15, 0.2) is 42.5 Å². The zero-order valence-corrected chi connectivity index (χ0v) is 16.5. The number of rotatable bonds is 4. The van der Waals surface area contributed by atoms with E-state index >= 15 is 0 Å². The van der Waals surface area contributed by atoms with Crippen LogP contribution in [0.25, 0.3) is 0 Å². The molecule has 1 aliphatic rings. The van der Waals surface area contributed by atoms with Crippen molar-refractivity contribution in [2.45, 2.75) is 25.8 Å². The van der Waals surface area contributed by atoms with Gasteiger partial charge in [0.15, 0.2) is 0 Å².